The first-order valence-electron chi connectivity index (χ1n) is 10.6. The first-order chi connectivity index (χ1) is 15.5. The number of fused-ring (bicyclic) bond motifs is 1. The fourth-order valence-corrected chi connectivity index (χ4v) is 3.76. The average molecular weight is 431 g/mol. The van der Waals surface area contributed by atoms with Gasteiger partial charge in [0.05, 0.1) is 23.3 Å². The van der Waals surface area contributed by atoms with Crippen molar-refractivity contribution in [2.75, 3.05) is 19.7 Å². The van der Waals surface area contributed by atoms with Gasteiger partial charge in [0.15, 0.2) is 0 Å². The van der Waals surface area contributed by atoms with Gasteiger partial charge >= 0.3 is 0 Å². The molecule has 0 aliphatic carbocycles. The predicted octanol–water partition coefficient (Wildman–Crippen LogP) is 1.53. The summed E-state index contributed by atoms with van der Waals surface area (Å²) < 4.78 is 7.14. The molecule has 164 valence electrons. The van der Waals surface area contributed by atoms with Crippen molar-refractivity contribution in [2.24, 2.45) is 7.05 Å². The van der Waals surface area contributed by atoms with Crippen LogP contribution in [0.25, 0.3) is 22.2 Å². The number of amides is 1. The molecule has 32 heavy (non-hydrogen) atoms. The monoisotopic (exact) mass is 431 g/mol. The van der Waals surface area contributed by atoms with Crippen LogP contribution in [0.3, 0.4) is 0 Å². The summed E-state index contributed by atoms with van der Waals surface area (Å²) in [4.78, 5) is 28.5. The molecule has 2 atom stereocenters. The normalized spacial score (nSPS) is 17.3. The highest BCUT2D eigenvalue weighted by Gasteiger charge is 2.23. The zero-order chi connectivity index (χ0) is 22.5. The molecule has 1 saturated heterocycles. The smallest absolute Gasteiger partial charge is 0.269 e. The van der Waals surface area contributed by atoms with Crippen molar-refractivity contribution in [1.29, 1.82) is 5.26 Å². The van der Waals surface area contributed by atoms with E-state index < -0.39 is 12.1 Å². The molecule has 1 amide bonds. The third-order valence-corrected chi connectivity index (χ3v) is 5.62. The van der Waals surface area contributed by atoms with E-state index >= 15 is 0 Å². The predicted molar refractivity (Wildman–Crippen MR) is 121 cm³/mol. The molecule has 1 aromatic heterocycles. The van der Waals surface area contributed by atoms with Crippen LogP contribution in [0.5, 0.6) is 0 Å². The maximum absolute atomic E-state index is 12.5. The molecule has 2 heterocycles. The summed E-state index contributed by atoms with van der Waals surface area (Å²) >= 11 is 0. The van der Waals surface area contributed by atoms with Crippen LogP contribution in [0, 0.1) is 11.3 Å². The Kier molecular flexibility index (Phi) is 6.59. The van der Waals surface area contributed by atoms with Crippen LogP contribution >= 0.6 is 0 Å². The Morgan fingerprint density at radius 1 is 1.31 bits per heavy atom. The second-order valence-corrected chi connectivity index (χ2v) is 7.87. The van der Waals surface area contributed by atoms with Gasteiger partial charge in [-0.15, -0.1) is 0 Å². The van der Waals surface area contributed by atoms with E-state index in [0.29, 0.717) is 19.6 Å². The van der Waals surface area contributed by atoms with E-state index in [-0.39, 0.29) is 11.5 Å². The molecule has 2 N–H and O–H groups in total. The van der Waals surface area contributed by atoms with Crippen LogP contribution in [0.15, 0.2) is 53.5 Å². The Hall–Kier alpha value is -3.54. The van der Waals surface area contributed by atoms with E-state index in [1.807, 2.05) is 42.5 Å². The molecule has 1 aliphatic heterocycles. The minimum Gasteiger partial charge on any atom is -0.367 e. The van der Waals surface area contributed by atoms with Crippen LogP contribution in [-0.2, 0) is 23.0 Å². The van der Waals surface area contributed by atoms with E-state index in [1.54, 1.807) is 11.6 Å². The van der Waals surface area contributed by atoms with Crippen molar-refractivity contribution in [3.05, 3.63) is 64.6 Å². The van der Waals surface area contributed by atoms with E-state index in [9.17, 15) is 14.9 Å². The summed E-state index contributed by atoms with van der Waals surface area (Å²) in [5.41, 5.74) is 4.27. The number of benzene rings is 2. The number of hydrogen-bond donors (Lipinski definition) is 2. The lowest BCUT2D eigenvalue weighted by atomic mass is 10.0. The van der Waals surface area contributed by atoms with Crippen molar-refractivity contribution in [3.63, 3.8) is 0 Å². The molecule has 8 nitrogen and oxygen atoms in total. The molecule has 0 bridgehead atoms. The van der Waals surface area contributed by atoms with Crippen molar-refractivity contribution in [3.8, 4) is 17.2 Å². The van der Waals surface area contributed by atoms with Crippen LogP contribution in [0.2, 0.25) is 0 Å². The molecule has 1 fully saturated rings. The minimum absolute atomic E-state index is 0.153. The number of nitrogens with one attached hydrogen (secondary N) is 2. The van der Waals surface area contributed by atoms with Crippen LogP contribution < -0.4 is 16.2 Å². The standard InChI is InChI=1S/C24H25N5O3/c1-29-21-12-18(7-8-20(21)27-15-23(29)30)17-5-3-16(4-6-17)11-19(13-25)28-24(31)22-14-26-9-2-10-32-22/h3-8,12,15,19,22,26H,2,9-11,14H2,1H3,(H,28,31). The summed E-state index contributed by atoms with van der Waals surface area (Å²) in [6.45, 7) is 1.80. The number of hydrogen-bond acceptors (Lipinski definition) is 6. The van der Waals surface area contributed by atoms with Crippen LogP contribution in [0.4, 0.5) is 0 Å². The molecule has 2 unspecified atom stereocenters. The molecule has 0 radical (unpaired) electrons. The second kappa shape index (κ2) is 9.73. The third-order valence-electron chi connectivity index (χ3n) is 5.62. The van der Waals surface area contributed by atoms with Gasteiger partial charge in [-0.3, -0.25) is 9.59 Å². The maximum atomic E-state index is 12.5. The van der Waals surface area contributed by atoms with Gasteiger partial charge in [-0.05, 0) is 41.8 Å². The largest absolute Gasteiger partial charge is 0.367 e. The van der Waals surface area contributed by atoms with Crippen LogP contribution in [0.1, 0.15) is 12.0 Å². The minimum atomic E-state index is -0.638. The third kappa shape index (κ3) is 4.85. The molecule has 4 rings (SSSR count). The first kappa shape index (κ1) is 21.7. The summed E-state index contributed by atoms with van der Waals surface area (Å²) in [5.74, 6) is -0.266. The molecule has 3 aromatic rings. The molecular formula is C24H25N5O3. The number of nitriles is 1. The number of aromatic nitrogens is 2. The van der Waals surface area contributed by atoms with E-state index in [0.717, 1.165) is 40.7 Å². The number of ether oxygens (including phenoxy) is 1. The Morgan fingerprint density at radius 3 is 2.88 bits per heavy atom. The maximum Gasteiger partial charge on any atom is 0.269 e. The topological polar surface area (TPSA) is 109 Å². The number of carbonyl (C=O) groups excluding carboxylic acids is 1. The van der Waals surface area contributed by atoms with Gasteiger partial charge in [0.25, 0.3) is 11.5 Å². The summed E-state index contributed by atoms with van der Waals surface area (Å²) in [6, 6.07) is 15.2. The fraction of sp³-hybridized carbons (Fsp3) is 0.333. The average Bonchev–Trinajstić information content (AvgIpc) is 3.11. The Morgan fingerprint density at radius 2 is 2.09 bits per heavy atom. The number of nitrogens with zero attached hydrogens (tertiary/aromatic N) is 3. The highest BCUT2D eigenvalue weighted by Crippen LogP contribution is 2.23. The van der Waals surface area contributed by atoms with E-state index in [1.165, 1.54) is 6.20 Å². The van der Waals surface area contributed by atoms with Gasteiger partial charge in [-0.1, -0.05) is 30.3 Å². The molecule has 1 aliphatic rings. The van der Waals surface area contributed by atoms with Crippen LogP contribution in [-0.4, -0.2) is 47.3 Å². The number of rotatable bonds is 5. The highest BCUT2D eigenvalue weighted by atomic mass is 16.5. The Bertz CT molecular complexity index is 1210. The molecular weight excluding hydrogens is 406 g/mol. The first-order valence-corrected chi connectivity index (χ1v) is 10.6. The molecule has 0 spiro atoms. The zero-order valence-electron chi connectivity index (χ0n) is 17.9. The van der Waals surface area contributed by atoms with E-state index in [2.05, 4.69) is 21.7 Å². The summed E-state index contributed by atoms with van der Waals surface area (Å²) in [5, 5.41) is 15.5. The van der Waals surface area contributed by atoms with Crippen molar-refractivity contribution in [1.82, 2.24) is 20.2 Å². The van der Waals surface area contributed by atoms with Crippen molar-refractivity contribution >= 4 is 16.9 Å². The second-order valence-electron chi connectivity index (χ2n) is 7.87. The zero-order valence-corrected chi connectivity index (χ0v) is 17.9. The molecule has 0 saturated carbocycles. The summed E-state index contributed by atoms with van der Waals surface area (Å²) in [6.07, 6.45) is 2.01. The lowest BCUT2D eigenvalue weighted by Gasteiger charge is -2.18. The van der Waals surface area contributed by atoms with Gasteiger partial charge in [0, 0.05) is 26.6 Å². The Balaban J connectivity index is 1.45. The van der Waals surface area contributed by atoms with Crippen molar-refractivity contribution in [2.45, 2.75) is 25.0 Å². The number of aryl methyl sites for hydroxylation is 1. The molecule has 8 heteroatoms. The lowest BCUT2D eigenvalue weighted by molar-refractivity contribution is -0.132. The van der Waals surface area contributed by atoms with Gasteiger partial charge in [-0.2, -0.15) is 5.26 Å². The Labute approximate surface area is 185 Å². The van der Waals surface area contributed by atoms with Crippen molar-refractivity contribution < 1.29 is 9.53 Å². The summed E-state index contributed by atoms with van der Waals surface area (Å²) in [7, 11) is 1.73. The number of carbonyl (C=O) groups is 1. The van der Waals surface area contributed by atoms with E-state index in [4.69, 9.17) is 4.74 Å². The van der Waals surface area contributed by atoms with Gasteiger partial charge in [0.1, 0.15) is 12.1 Å². The fourth-order valence-electron chi connectivity index (χ4n) is 3.76. The highest BCUT2D eigenvalue weighted by molar-refractivity contribution is 5.82. The van der Waals surface area contributed by atoms with Gasteiger partial charge in [0.2, 0.25) is 0 Å². The molecule has 2 aromatic carbocycles. The lowest BCUT2D eigenvalue weighted by Crippen LogP contribution is -2.46. The SMILES string of the molecule is Cn1c(=O)cnc2ccc(-c3ccc(CC(C#N)NC(=O)C4CNCCCO4)cc3)cc21. The van der Waals surface area contributed by atoms with Gasteiger partial charge in [-0.25, -0.2) is 4.98 Å². The van der Waals surface area contributed by atoms with Gasteiger partial charge < -0.3 is 19.9 Å². The quantitative estimate of drug-likeness (QED) is 0.634.